The van der Waals surface area contributed by atoms with Gasteiger partial charge in [0.1, 0.15) is 6.04 Å². The average Bonchev–Trinajstić information content (AvgIpc) is 2.55. The van der Waals surface area contributed by atoms with Gasteiger partial charge in [-0.25, -0.2) is 4.79 Å². The van der Waals surface area contributed by atoms with Gasteiger partial charge in [0.2, 0.25) is 5.91 Å². The van der Waals surface area contributed by atoms with E-state index in [4.69, 9.17) is 5.11 Å². The number of piperidine rings is 1. The first-order valence-electron chi connectivity index (χ1n) is 7.59. The third-order valence-electron chi connectivity index (χ3n) is 3.81. The maximum absolute atomic E-state index is 12.5. The number of urea groups is 1. The van der Waals surface area contributed by atoms with E-state index in [1.807, 2.05) is 30.3 Å². The number of rotatable bonds is 5. The normalized spacial score (nSPS) is 17.7. The molecule has 23 heavy (non-hydrogen) atoms. The molecule has 0 aromatic heterocycles. The molecular weight excluding hydrogens is 298 g/mol. The van der Waals surface area contributed by atoms with Gasteiger partial charge in [-0.15, -0.1) is 0 Å². The van der Waals surface area contributed by atoms with E-state index in [1.54, 1.807) is 4.90 Å². The number of hydrogen-bond acceptors (Lipinski definition) is 3. The minimum atomic E-state index is -0.964. The minimum absolute atomic E-state index is 0.102. The molecule has 1 aromatic carbocycles. The van der Waals surface area contributed by atoms with Gasteiger partial charge in [-0.1, -0.05) is 18.2 Å². The number of hydrogen-bond donors (Lipinski definition) is 2. The Bertz CT molecular complexity index is 576. The van der Waals surface area contributed by atoms with Crippen molar-refractivity contribution in [2.75, 3.05) is 25.0 Å². The molecule has 1 fully saturated rings. The topological polar surface area (TPSA) is 89.9 Å². The molecule has 1 aliphatic heterocycles. The Kier molecular flexibility index (Phi) is 5.56. The Labute approximate surface area is 134 Å². The summed E-state index contributed by atoms with van der Waals surface area (Å²) in [5.41, 5.74) is 0.815. The van der Waals surface area contributed by atoms with Gasteiger partial charge in [0, 0.05) is 25.8 Å². The molecule has 1 aliphatic rings. The van der Waals surface area contributed by atoms with Crippen molar-refractivity contribution in [1.82, 2.24) is 10.2 Å². The third-order valence-corrected chi connectivity index (χ3v) is 3.81. The molecule has 7 heteroatoms. The highest BCUT2D eigenvalue weighted by Crippen LogP contribution is 2.20. The molecule has 1 atom stereocenters. The van der Waals surface area contributed by atoms with Gasteiger partial charge < -0.3 is 20.2 Å². The lowest BCUT2D eigenvalue weighted by Gasteiger charge is -2.33. The summed E-state index contributed by atoms with van der Waals surface area (Å²) in [7, 11) is 1.51. The van der Waals surface area contributed by atoms with E-state index in [9.17, 15) is 14.4 Å². The summed E-state index contributed by atoms with van der Waals surface area (Å²) >= 11 is 0. The zero-order chi connectivity index (χ0) is 16.8. The van der Waals surface area contributed by atoms with Gasteiger partial charge >= 0.3 is 12.0 Å². The number of amides is 3. The van der Waals surface area contributed by atoms with Gasteiger partial charge in [0.05, 0.1) is 6.42 Å². The first kappa shape index (κ1) is 16.8. The van der Waals surface area contributed by atoms with Crippen LogP contribution in [0.2, 0.25) is 0 Å². The van der Waals surface area contributed by atoms with E-state index in [0.717, 1.165) is 12.1 Å². The van der Waals surface area contributed by atoms with Crippen LogP contribution in [0.3, 0.4) is 0 Å². The fourth-order valence-electron chi connectivity index (χ4n) is 2.50. The molecular formula is C16H21N3O4. The quantitative estimate of drug-likeness (QED) is 0.856. The Morgan fingerprint density at radius 3 is 2.70 bits per heavy atom. The molecule has 7 nitrogen and oxygen atoms in total. The highest BCUT2D eigenvalue weighted by Gasteiger charge is 2.31. The van der Waals surface area contributed by atoms with E-state index in [-0.39, 0.29) is 18.9 Å². The highest BCUT2D eigenvalue weighted by atomic mass is 16.4. The summed E-state index contributed by atoms with van der Waals surface area (Å²) in [6.45, 7) is 0.731. The first-order valence-corrected chi connectivity index (χ1v) is 7.59. The van der Waals surface area contributed by atoms with Crippen molar-refractivity contribution >= 4 is 23.6 Å². The van der Waals surface area contributed by atoms with E-state index in [0.29, 0.717) is 13.0 Å². The van der Waals surface area contributed by atoms with Crippen molar-refractivity contribution in [3.05, 3.63) is 30.3 Å². The van der Waals surface area contributed by atoms with Crippen molar-refractivity contribution in [3.8, 4) is 0 Å². The van der Waals surface area contributed by atoms with Crippen LogP contribution in [0.4, 0.5) is 10.5 Å². The fourth-order valence-corrected chi connectivity index (χ4v) is 2.50. The lowest BCUT2D eigenvalue weighted by Crippen LogP contribution is -2.54. The molecule has 1 heterocycles. The molecule has 2 N–H and O–H groups in total. The predicted molar refractivity (Wildman–Crippen MR) is 85.2 cm³/mol. The number of nitrogens with zero attached hydrogens (tertiary/aromatic N) is 2. The highest BCUT2D eigenvalue weighted by molar-refractivity contribution is 5.99. The molecule has 0 radical (unpaired) electrons. The van der Waals surface area contributed by atoms with Crippen molar-refractivity contribution in [2.45, 2.75) is 25.3 Å². The molecule has 1 unspecified atom stereocenters. The Hall–Kier alpha value is -2.57. The standard InChI is InChI=1S/C16H21N3O4/c1-18(11-9-14(20)21)16(23)17-13-8-5-10-19(15(13)22)12-6-3-2-4-7-12/h2-4,6-7,13H,5,8-11H2,1H3,(H,17,23)(H,20,21). The molecule has 124 valence electrons. The number of carboxylic acids is 1. The molecule has 0 bridgehead atoms. The number of aliphatic carboxylic acids is 1. The molecule has 0 saturated carbocycles. The zero-order valence-corrected chi connectivity index (χ0v) is 13.1. The van der Waals surface area contributed by atoms with E-state index in [1.165, 1.54) is 11.9 Å². The fraction of sp³-hybridized carbons (Fsp3) is 0.438. The first-order chi connectivity index (χ1) is 11.0. The molecule has 1 saturated heterocycles. The van der Waals surface area contributed by atoms with E-state index in [2.05, 4.69) is 5.32 Å². The summed E-state index contributed by atoms with van der Waals surface area (Å²) in [5, 5.41) is 11.3. The zero-order valence-electron chi connectivity index (χ0n) is 13.1. The molecule has 0 spiro atoms. The smallest absolute Gasteiger partial charge is 0.317 e. The van der Waals surface area contributed by atoms with E-state index < -0.39 is 18.0 Å². The van der Waals surface area contributed by atoms with Crippen LogP contribution < -0.4 is 10.2 Å². The van der Waals surface area contributed by atoms with Crippen molar-refractivity contribution < 1.29 is 19.5 Å². The van der Waals surface area contributed by atoms with Crippen LogP contribution in [0.1, 0.15) is 19.3 Å². The number of nitrogens with one attached hydrogen (secondary N) is 1. The van der Waals surface area contributed by atoms with Crippen molar-refractivity contribution in [3.63, 3.8) is 0 Å². The summed E-state index contributed by atoms with van der Waals surface area (Å²) in [5.74, 6) is -1.10. The van der Waals surface area contributed by atoms with Crippen LogP contribution in [-0.4, -0.2) is 54.1 Å². The summed E-state index contributed by atoms with van der Waals surface area (Å²) in [6.07, 6.45) is 1.25. The summed E-state index contributed by atoms with van der Waals surface area (Å²) < 4.78 is 0. The number of carboxylic acid groups (broad SMARTS) is 1. The van der Waals surface area contributed by atoms with Crippen LogP contribution in [-0.2, 0) is 9.59 Å². The lowest BCUT2D eigenvalue weighted by molar-refractivity contribution is -0.137. The number of para-hydroxylation sites is 1. The van der Waals surface area contributed by atoms with Gasteiger partial charge in [0.25, 0.3) is 0 Å². The van der Waals surface area contributed by atoms with Crippen LogP contribution >= 0.6 is 0 Å². The van der Waals surface area contributed by atoms with Crippen molar-refractivity contribution in [2.24, 2.45) is 0 Å². The van der Waals surface area contributed by atoms with Crippen LogP contribution in [0.15, 0.2) is 30.3 Å². The molecule has 0 aliphatic carbocycles. The summed E-state index contributed by atoms with van der Waals surface area (Å²) in [6, 6.07) is 8.33. The monoisotopic (exact) mass is 319 g/mol. The van der Waals surface area contributed by atoms with Crippen LogP contribution in [0.25, 0.3) is 0 Å². The number of carbonyl (C=O) groups is 3. The second-order valence-corrected chi connectivity index (χ2v) is 5.54. The van der Waals surface area contributed by atoms with E-state index >= 15 is 0 Å². The average molecular weight is 319 g/mol. The maximum atomic E-state index is 12.5. The number of benzene rings is 1. The maximum Gasteiger partial charge on any atom is 0.317 e. The number of anilines is 1. The number of carbonyl (C=O) groups excluding carboxylic acids is 2. The van der Waals surface area contributed by atoms with Gasteiger partial charge in [-0.3, -0.25) is 9.59 Å². The van der Waals surface area contributed by atoms with Crippen LogP contribution in [0.5, 0.6) is 0 Å². The second-order valence-electron chi connectivity index (χ2n) is 5.54. The van der Waals surface area contributed by atoms with Crippen LogP contribution in [0, 0.1) is 0 Å². The molecule has 3 amide bonds. The third kappa shape index (κ3) is 4.45. The lowest BCUT2D eigenvalue weighted by atomic mass is 10.0. The van der Waals surface area contributed by atoms with Gasteiger partial charge in [-0.05, 0) is 25.0 Å². The Balaban J connectivity index is 1.96. The summed E-state index contributed by atoms with van der Waals surface area (Å²) in [4.78, 5) is 38.1. The largest absolute Gasteiger partial charge is 0.481 e. The SMILES string of the molecule is CN(CCC(=O)O)C(=O)NC1CCCN(c2ccccc2)C1=O. The Morgan fingerprint density at radius 2 is 2.04 bits per heavy atom. The van der Waals surface area contributed by atoms with Gasteiger partial charge in [-0.2, -0.15) is 0 Å². The molecule has 1 aromatic rings. The minimum Gasteiger partial charge on any atom is -0.481 e. The molecule has 2 rings (SSSR count). The van der Waals surface area contributed by atoms with Gasteiger partial charge in [0.15, 0.2) is 0 Å². The second kappa shape index (κ2) is 7.62. The Morgan fingerprint density at radius 1 is 1.35 bits per heavy atom. The van der Waals surface area contributed by atoms with Crippen molar-refractivity contribution in [1.29, 1.82) is 0 Å². The predicted octanol–water partition coefficient (Wildman–Crippen LogP) is 1.30.